The predicted octanol–water partition coefficient (Wildman–Crippen LogP) is 4.26. The van der Waals surface area contributed by atoms with E-state index in [0.717, 1.165) is 10.9 Å². The van der Waals surface area contributed by atoms with Gasteiger partial charge in [-0.05, 0) is 30.3 Å². The molecule has 1 heterocycles. The molecular formula is C16H9ClFNO. The number of fused-ring (bicyclic) bond motifs is 1. The third-order valence-electron chi connectivity index (χ3n) is 3.06. The van der Waals surface area contributed by atoms with Crippen molar-refractivity contribution in [3.8, 4) is 0 Å². The summed E-state index contributed by atoms with van der Waals surface area (Å²) in [5.74, 6) is -0.655. The van der Waals surface area contributed by atoms with E-state index in [-0.39, 0.29) is 11.6 Å². The molecule has 0 saturated heterocycles. The fourth-order valence-electron chi connectivity index (χ4n) is 2.02. The van der Waals surface area contributed by atoms with E-state index in [1.54, 1.807) is 0 Å². The molecule has 20 heavy (non-hydrogen) atoms. The first-order valence-electron chi connectivity index (χ1n) is 6.00. The number of para-hydroxylation sites is 1. The lowest BCUT2D eigenvalue weighted by atomic mass is 10.0. The Morgan fingerprint density at radius 2 is 1.75 bits per heavy atom. The van der Waals surface area contributed by atoms with Gasteiger partial charge >= 0.3 is 0 Å². The third kappa shape index (κ3) is 2.17. The maximum atomic E-state index is 12.9. The largest absolute Gasteiger partial charge is 0.288 e. The fourth-order valence-corrected chi connectivity index (χ4v) is 2.32. The first-order chi connectivity index (χ1) is 9.66. The van der Waals surface area contributed by atoms with Crippen molar-refractivity contribution in [1.29, 1.82) is 0 Å². The molecule has 0 atom stereocenters. The molecule has 0 saturated carbocycles. The Labute approximate surface area is 119 Å². The minimum Gasteiger partial charge on any atom is -0.288 e. The normalized spacial score (nSPS) is 10.7. The Morgan fingerprint density at radius 1 is 1.05 bits per heavy atom. The molecule has 3 rings (SSSR count). The number of carbonyl (C=O) groups is 1. The van der Waals surface area contributed by atoms with Crippen molar-refractivity contribution in [2.24, 2.45) is 0 Å². The van der Waals surface area contributed by atoms with Crippen molar-refractivity contribution in [1.82, 2.24) is 4.98 Å². The van der Waals surface area contributed by atoms with Crippen molar-refractivity contribution in [2.75, 3.05) is 0 Å². The maximum Gasteiger partial charge on any atom is 0.196 e. The van der Waals surface area contributed by atoms with Gasteiger partial charge in [-0.25, -0.2) is 4.39 Å². The minimum absolute atomic E-state index is 0.270. The van der Waals surface area contributed by atoms with E-state index in [4.69, 9.17) is 11.6 Å². The number of nitrogens with zero attached hydrogens (tertiary/aromatic N) is 1. The lowest BCUT2D eigenvalue weighted by molar-refractivity contribution is 0.103. The lowest BCUT2D eigenvalue weighted by Crippen LogP contribution is -2.03. The van der Waals surface area contributed by atoms with Crippen LogP contribution in [0.2, 0.25) is 5.02 Å². The van der Waals surface area contributed by atoms with Crippen LogP contribution in [0.1, 0.15) is 15.9 Å². The van der Waals surface area contributed by atoms with Gasteiger partial charge in [0.15, 0.2) is 5.78 Å². The molecule has 0 aliphatic rings. The second-order valence-corrected chi connectivity index (χ2v) is 4.72. The second kappa shape index (κ2) is 5.02. The van der Waals surface area contributed by atoms with Gasteiger partial charge in [0.25, 0.3) is 0 Å². The first-order valence-corrected chi connectivity index (χ1v) is 6.38. The molecule has 0 unspecified atom stereocenters. The number of aromatic nitrogens is 1. The number of carbonyl (C=O) groups excluding carboxylic acids is 1. The van der Waals surface area contributed by atoms with Crippen molar-refractivity contribution in [3.63, 3.8) is 0 Å². The summed E-state index contributed by atoms with van der Waals surface area (Å²) in [6.45, 7) is 0. The molecule has 98 valence electrons. The molecule has 0 amide bonds. The van der Waals surface area contributed by atoms with Gasteiger partial charge in [0.05, 0.1) is 16.1 Å². The second-order valence-electron chi connectivity index (χ2n) is 4.34. The molecule has 0 fully saturated rings. The highest BCUT2D eigenvalue weighted by Gasteiger charge is 2.15. The molecule has 2 aromatic carbocycles. The number of ketones is 1. The number of hydrogen-bond donors (Lipinski definition) is 0. The Hall–Kier alpha value is -2.26. The summed E-state index contributed by atoms with van der Waals surface area (Å²) >= 11 is 6.28. The molecule has 4 heteroatoms. The molecule has 1 aromatic heterocycles. The summed E-state index contributed by atoms with van der Waals surface area (Å²) in [5.41, 5.74) is 1.43. The van der Waals surface area contributed by atoms with Crippen LogP contribution in [-0.4, -0.2) is 10.8 Å². The Morgan fingerprint density at radius 3 is 2.50 bits per heavy atom. The van der Waals surface area contributed by atoms with Crippen LogP contribution in [0.4, 0.5) is 4.39 Å². The number of pyridine rings is 1. The van der Waals surface area contributed by atoms with Gasteiger partial charge in [-0.1, -0.05) is 29.8 Å². The SMILES string of the molecule is O=C(c1ccc(F)cc1)c1cnc2ccccc2c1Cl. The zero-order chi connectivity index (χ0) is 14.1. The summed E-state index contributed by atoms with van der Waals surface area (Å²) in [5, 5.41) is 1.09. The van der Waals surface area contributed by atoms with E-state index < -0.39 is 0 Å². The van der Waals surface area contributed by atoms with E-state index in [1.165, 1.54) is 30.5 Å². The van der Waals surface area contributed by atoms with Crippen LogP contribution in [-0.2, 0) is 0 Å². The van der Waals surface area contributed by atoms with Crippen LogP contribution in [0, 0.1) is 5.82 Å². The maximum absolute atomic E-state index is 12.9. The topological polar surface area (TPSA) is 30.0 Å². The van der Waals surface area contributed by atoms with Crippen LogP contribution in [0.5, 0.6) is 0 Å². The molecule has 3 aromatic rings. The zero-order valence-corrected chi connectivity index (χ0v) is 11.1. The minimum atomic E-state index is -0.385. The Kier molecular flexibility index (Phi) is 3.20. The van der Waals surface area contributed by atoms with Crippen molar-refractivity contribution in [3.05, 3.63) is 76.7 Å². The monoisotopic (exact) mass is 285 g/mol. The van der Waals surface area contributed by atoms with E-state index >= 15 is 0 Å². The van der Waals surface area contributed by atoms with Crippen molar-refractivity contribution < 1.29 is 9.18 Å². The summed E-state index contributed by atoms with van der Waals surface area (Å²) < 4.78 is 12.9. The van der Waals surface area contributed by atoms with E-state index in [0.29, 0.717) is 16.1 Å². The molecule has 0 aliphatic heterocycles. The molecule has 0 radical (unpaired) electrons. The summed E-state index contributed by atoms with van der Waals surface area (Å²) in [4.78, 5) is 16.6. The van der Waals surface area contributed by atoms with Crippen molar-refractivity contribution >= 4 is 28.3 Å². The van der Waals surface area contributed by atoms with Gasteiger partial charge in [0, 0.05) is 17.1 Å². The van der Waals surface area contributed by atoms with E-state index in [9.17, 15) is 9.18 Å². The molecule has 0 spiro atoms. The predicted molar refractivity (Wildman–Crippen MR) is 76.6 cm³/mol. The van der Waals surface area contributed by atoms with Crippen LogP contribution in [0.3, 0.4) is 0 Å². The fraction of sp³-hybridized carbons (Fsp3) is 0. The highest BCUT2D eigenvalue weighted by atomic mass is 35.5. The van der Waals surface area contributed by atoms with E-state index in [1.807, 2.05) is 24.3 Å². The lowest BCUT2D eigenvalue weighted by Gasteiger charge is -2.06. The standard InChI is InChI=1S/C16H9ClFNO/c17-15-12-3-1-2-4-14(12)19-9-13(15)16(20)10-5-7-11(18)8-6-10/h1-9H. The molecule has 0 N–H and O–H groups in total. The van der Waals surface area contributed by atoms with Gasteiger partial charge < -0.3 is 0 Å². The van der Waals surface area contributed by atoms with Crippen LogP contribution >= 0.6 is 11.6 Å². The van der Waals surface area contributed by atoms with Crippen LogP contribution in [0.25, 0.3) is 10.9 Å². The van der Waals surface area contributed by atoms with E-state index in [2.05, 4.69) is 4.98 Å². The average Bonchev–Trinajstić information content (AvgIpc) is 2.48. The molecule has 0 aliphatic carbocycles. The Bertz CT molecular complexity index is 799. The summed E-state index contributed by atoms with van der Waals surface area (Å²) in [7, 11) is 0. The third-order valence-corrected chi connectivity index (χ3v) is 3.47. The zero-order valence-electron chi connectivity index (χ0n) is 10.3. The number of hydrogen-bond acceptors (Lipinski definition) is 2. The van der Waals surface area contributed by atoms with Gasteiger partial charge in [0.2, 0.25) is 0 Å². The van der Waals surface area contributed by atoms with Crippen molar-refractivity contribution in [2.45, 2.75) is 0 Å². The molecular weight excluding hydrogens is 277 g/mol. The van der Waals surface area contributed by atoms with Gasteiger partial charge in [0.1, 0.15) is 5.82 Å². The van der Waals surface area contributed by atoms with Gasteiger partial charge in [-0.2, -0.15) is 0 Å². The average molecular weight is 286 g/mol. The molecule has 0 bridgehead atoms. The first kappa shape index (κ1) is 12.8. The number of benzene rings is 2. The van der Waals surface area contributed by atoms with Gasteiger partial charge in [-0.3, -0.25) is 9.78 Å². The Balaban J connectivity index is 2.12. The van der Waals surface area contributed by atoms with Crippen LogP contribution < -0.4 is 0 Å². The number of halogens is 2. The van der Waals surface area contributed by atoms with Crippen LogP contribution in [0.15, 0.2) is 54.7 Å². The highest BCUT2D eigenvalue weighted by Crippen LogP contribution is 2.27. The quantitative estimate of drug-likeness (QED) is 0.659. The summed E-state index contributed by atoms with van der Waals surface area (Å²) in [6.07, 6.45) is 1.45. The van der Waals surface area contributed by atoms with Gasteiger partial charge in [-0.15, -0.1) is 0 Å². The smallest absolute Gasteiger partial charge is 0.196 e. The molecule has 2 nitrogen and oxygen atoms in total. The number of rotatable bonds is 2. The summed E-state index contributed by atoms with van der Waals surface area (Å²) in [6, 6.07) is 12.7. The highest BCUT2D eigenvalue weighted by molar-refractivity contribution is 6.39.